The van der Waals surface area contributed by atoms with Crippen molar-refractivity contribution < 1.29 is 29.1 Å². The Morgan fingerprint density at radius 3 is 2.34 bits per heavy atom. The number of amides is 1. The van der Waals surface area contributed by atoms with E-state index in [0.29, 0.717) is 23.5 Å². The lowest BCUT2D eigenvalue weighted by Gasteiger charge is -2.26. The van der Waals surface area contributed by atoms with E-state index >= 15 is 0 Å². The van der Waals surface area contributed by atoms with Crippen LogP contribution in [0.15, 0.2) is 90.2 Å². The Labute approximate surface area is 219 Å². The van der Waals surface area contributed by atoms with Crippen LogP contribution in [-0.4, -0.2) is 47.4 Å². The molecule has 0 saturated carbocycles. The molecule has 9 nitrogen and oxygen atoms in total. The summed E-state index contributed by atoms with van der Waals surface area (Å²) < 4.78 is 10.6. The molecule has 0 saturated heterocycles. The minimum Gasteiger partial charge on any atom is -0.503 e. The molecule has 0 radical (unpaired) electrons. The summed E-state index contributed by atoms with van der Waals surface area (Å²) in [5, 5.41) is 22.0. The number of allylic oxidation sites excluding steroid dienone is 1. The van der Waals surface area contributed by atoms with Crippen LogP contribution in [0.1, 0.15) is 22.7 Å². The first-order valence-electron chi connectivity index (χ1n) is 11.8. The lowest BCUT2D eigenvalue weighted by Crippen LogP contribution is -2.33. The molecule has 0 fully saturated rings. The van der Waals surface area contributed by atoms with Crippen LogP contribution < -0.4 is 9.47 Å². The molecule has 9 heteroatoms. The van der Waals surface area contributed by atoms with E-state index in [1.54, 1.807) is 18.2 Å². The Morgan fingerprint density at radius 2 is 1.71 bits per heavy atom. The monoisotopic (exact) mass is 514 g/mol. The number of ketones is 1. The molecule has 0 aliphatic carbocycles. The number of methoxy groups -OCH3 is 2. The number of benzene rings is 3. The summed E-state index contributed by atoms with van der Waals surface area (Å²) >= 11 is 0. The van der Waals surface area contributed by atoms with Crippen molar-refractivity contribution in [2.75, 3.05) is 20.8 Å². The number of non-ortho nitro benzene ring substituents is 1. The molecule has 0 aromatic heterocycles. The number of nitro groups is 1. The quantitative estimate of drug-likeness (QED) is 0.234. The fourth-order valence-electron chi connectivity index (χ4n) is 4.37. The minimum absolute atomic E-state index is 0.0802. The lowest BCUT2D eigenvalue weighted by atomic mass is 9.95. The van der Waals surface area contributed by atoms with Crippen LogP contribution in [0.5, 0.6) is 11.5 Å². The summed E-state index contributed by atoms with van der Waals surface area (Å²) in [5.74, 6) is -0.757. The van der Waals surface area contributed by atoms with Crippen LogP contribution >= 0.6 is 0 Å². The van der Waals surface area contributed by atoms with Crippen molar-refractivity contribution in [2.45, 2.75) is 12.5 Å². The van der Waals surface area contributed by atoms with Gasteiger partial charge in [-0.05, 0) is 53.5 Å². The van der Waals surface area contributed by atoms with Crippen LogP contribution in [0.25, 0.3) is 6.08 Å². The number of hydrogen-bond acceptors (Lipinski definition) is 7. The number of hydrogen-bond donors (Lipinski definition) is 1. The van der Waals surface area contributed by atoms with Gasteiger partial charge >= 0.3 is 0 Å². The molecule has 1 amide bonds. The van der Waals surface area contributed by atoms with Gasteiger partial charge in [0, 0.05) is 18.7 Å². The predicted octanol–water partition coefficient (Wildman–Crippen LogP) is 4.83. The summed E-state index contributed by atoms with van der Waals surface area (Å²) in [7, 11) is 3.06. The third-order valence-electron chi connectivity index (χ3n) is 6.30. The summed E-state index contributed by atoms with van der Waals surface area (Å²) in [5.41, 5.74) is 1.89. The second-order valence-corrected chi connectivity index (χ2v) is 8.56. The van der Waals surface area contributed by atoms with E-state index in [-0.39, 0.29) is 17.8 Å². The van der Waals surface area contributed by atoms with E-state index in [4.69, 9.17) is 9.47 Å². The Morgan fingerprint density at radius 1 is 1.03 bits per heavy atom. The van der Waals surface area contributed by atoms with Gasteiger partial charge in [-0.3, -0.25) is 19.7 Å². The van der Waals surface area contributed by atoms with Gasteiger partial charge in [0.05, 0.1) is 30.8 Å². The van der Waals surface area contributed by atoms with E-state index in [1.807, 2.05) is 36.4 Å². The first-order valence-corrected chi connectivity index (χ1v) is 11.8. The number of aliphatic hydroxyl groups excluding tert-OH is 1. The van der Waals surface area contributed by atoms with Gasteiger partial charge in [-0.15, -0.1) is 0 Å². The highest BCUT2D eigenvalue weighted by Gasteiger charge is 2.42. The van der Waals surface area contributed by atoms with Gasteiger partial charge in [0.15, 0.2) is 23.0 Å². The molecule has 3 aromatic rings. The average molecular weight is 515 g/mol. The number of ether oxygens (including phenoxy) is 2. The summed E-state index contributed by atoms with van der Waals surface area (Å²) in [4.78, 5) is 38.5. The Kier molecular flexibility index (Phi) is 7.86. The Balaban J connectivity index is 1.67. The molecular weight excluding hydrogens is 488 g/mol. The molecule has 0 spiro atoms. The van der Waals surface area contributed by atoms with Crippen LogP contribution in [0.2, 0.25) is 0 Å². The van der Waals surface area contributed by atoms with E-state index in [9.17, 15) is 24.8 Å². The second-order valence-electron chi connectivity index (χ2n) is 8.56. The standard InChI is InChI=1S/C29H26N2O7/c1-37-24-15-9-20(18-25(24)38-2)16-17-30-27(21-10-12-22(13-11-21)31(35)36)26(28(33)29(30)34)23(32)14-8-19-6-4-3-5-7-19/h3-15,18,27,33H,16-17H2,1-2H3/b14-8+/t27-/m0/s1. The number of carbonyl (C=O) groups excluding carboxylic acids is 2. The highest BCUT2D eigenvalue weighted by atomic mass is 16.6. The van der Waals surface area contributed by atoms with Crippen molar-refractivity contribution >= 4 is 23.5 Å². The van der Waals surface area contributed by atoms with E-state index < -0.39 is 28.4 Å². The smallest absolute Gasteiger partial charge is 0.290 e. The van der Waals surface area contributed by atoms with Crippen molar-refractivity contribution in [2.24, 2.45) is 0 Å². The zero-order chi connectivity index (χ0) is 27.2. The van der Waals surface area contributed by atoms with Crippen molar-refractivity contribution in [1.82, 2.24) is 4.90 Å². The second kappa shape index (κ2) is 11.4. The molecule has 3 aromatic carbocycles. The maximum Gasteiger partial charge on any atom is 0.290 e. The number of nitro benzene ring substituents is 1. The molecule has 1 aliphatic heterocycles. The van der Waals surface area contributed by atoms with Crippen LogP contribution in [0.3, 0.4) is 0 Å². The summed E-state index contributed by atoms with van der Waals surface area (Å²) in [6.07, 6.45) is 3.31. The van der Waals surface area contributed by atoms with Gasteiger partial charge in [-0.1, -0.05) is 42.5 Å². The molecule has 38 heavy (non-hydrogen) atoms. The number of nitrogens with zero attached hydrogens (tertiary/aromatic N) is 2. The first kappa shape index (κ1) is 26.2. The van der Waals surface area contributed by atoms with Crippen molar-refractivity contribution in [3.63, 3.8) is 0 Å². The normalized spacial score (nSPS) is 15.3. The summed E-state index contributed by atoms with van der Waals surface area (Å²) in [6, 6.07) is 19.2. The molecule has 194 valence electrons. The molecule has 1 atom stereocenters. The molecule has 4 rings (SSSR count). The van der Waals surface area contributed by atoms with E-state index in [1.165, 1.54) is 49.5 Å². The number of rotatable bonds is 10. The fourth-order valence-corrected chi connectivity index (χ4v) is 4.37. The lowest BCUT2D eigenvalue weighted by molar-refractivity contribution is -0.384. The van der Waals surface area contributed by atoms with Gasteiger partial charge in [-0.2, -0.15) is 0 Å². The zero-order valence-electron chi connectivity index (χ0n) is 20.9. The van der Waals surface area contributed by atoms with Crippen molar-refractivity contribution in [3.8, 4) is 11.5 Å². The number of aliphatic hydroxyl groups is 1. The first-order chi connectivity index (χ1) is 18.3. The molecular formula is C29H26N2O7. The molecule has 1 heterocycles. The minimum atomic E-state index is -0.920. The Bertz CT molecular complexity index is 1410. The van der Waals surface area contributed by atoms with Gasteiger partial charge < -0.3 is 19.5 Å². The van der Waals surface area contributed by atoms with Crippen molar-refractivity contribution in [3.05, 3.63) is 117 Å². The highest BCUT2D eigenvalue weighted by molar-refractivity contribution is 6.14. The van der Waals surface area contributed by atoms with Crippen molar-refractivity contribution in [1.29, 1.82) is 0 Å². The molecule has 0 unspecified atom stereocenters. The summed E-state index contributed by atoms with van der Waals surface area (Å²) in [6.45, 7) is 0.166. The van der Waals surface area contributed by atoms with E-state index in [0.717, 1.165) is 11.1 Å². The third-order valence-corrected chi connectivity index (χ3v) is 6.30. The molecule has 0 bridgehead atoms. The predicted molar refractivity (Wildman–Crippen MR) is 141 cm³/mol. The van der Waals surface area contributed by atoms with Gasteiger partial charge in [0.1, 0.15) is 0 Å². The fraction of sp³-hybridized carbons (Fsp3) is 0.172. The highest BCUT2D eigenvalue weighted by Crippen LogP contribution is 2.39. The van der Waals surface area contributed by atoms with Gasteiger partial charge in [0.25, 0.3) is 11.6 Å². The topological polar surface area (TPSA) is 119 Å². The Hall–Kier alpha value is -4.92. The van der Waals surface area contributed by atoms with E-state index in [2.05, 4.69) is 0 Å². The molecule has 1 N–H and O–H groups in total. The largest absolute Gasteiger partial charge is 0.503 e. The zero-order valence-corrected chi connectivity index (χ0v) is 20.9. The van der Waals surface area contributed by atoms with Gasteiger partial charge in [0.2, 0.25) is 0 Å². The van der Waals surface area contributed by atoms with Crippen LogP contribution in [0, 0.1) is 10.1 Å². The maximum absolute atomic E-state index is 13.3. The maximum atomic E-state index is 13.3. The molecule has 1 aliphatic rings. The van der Waals surface area contributed by atoms with Crippen LogP contribution in [-0.2, 0) is 16.0 Å². The third kappa shape index (κ3) is 5.41. The average Bonchev–Trinajstić information content (AvgIpc) is 3.20. The van der Waals surface area contributed by atoms with Crippen LogP contribution in [0.4, 0.5) is 5.69 Å². The SMILES string of the molecule is COc1ccc(CCN2C(=O)C(O)=C(C(=O)/C=C/c3ccccc3)[C@@H]2c2ccc([N+](=O)[O-])cc2)cc1OC. The number of carbonyl (C=O) groups is 2. The van der Waals surface area contributed by atoms with Gasteiger partial charge in [-0.25, -0.2) is 0 Å².